The highest BCUT2D eigenvalue weighted by molar-refractivity contribution is 5.82. The van der Waals surface area contributed by atoms with Crippen LogP contribution in [0.5, 0.6) is 0 Å². The van der Waals surface area contributed by atoms with Gasteiger partial charge in [-0.05, 0) is 18.2 Å². The molecule has 1 N–H and O–H groups in total. The molecule has 0 aliphatic carbocycles. The predicted molar refractivity (Wildman–Crippen MR) is 69.0 cm³/mol. The van der Waals surface area contributed by atoms with Crippen LogP contribution in [0.15, 0.2) is 53.6 Å². The lowest BCUT2D eigenvalue weighted by molar-refractivity contribution is 0.151. The summed E-state index contributed by atoms with van der Waals surface area (Å²) in [5.74, 6) is -0.726. The molecule has 0 aliphatic rings. The highest BCUT2D eigenvalue weighted by Crippen LogP contribution is 2.23. The molecule has 0 spiro atoms. The zero-order valence-electron chi connectivity index (χ0n) is 9.85. The quantitative estimate of drug-likeness (QED) is 0.649. The minimum Gasteiger partial charge on any atom is -0.279 e. The Hall–Kier alpha value is -2.30. The number of para-hydroxylation sites is 1. The topological polar surface area (TPSA) is 24.4 Å². The number of hydrogen-bond acceptors (Lipinski definition) is 2. The Kier molecular flexibility index (Phi) is 4.18. The van der Waals surface area contributed by atoms with E-state index in [2.05, 4.69) is 10.5 Å². The van der Waals surface area contributed by atoms with E-state index in [0.29, 0.717) is 5.69 Å². The Balaban J connectivity index is 2.19. The first-order chi connectivity index (χ1) is 9.18. The van der Waals surface area contributed by atoms with E-state index in [1.165, 1.54) is 12.1 Å². The SMILES string of the molecule is Fc1cccc(C(F)F)c1C=NNc1ccccc1. The maximum atomic E-state index is 13.5. The first-order valence-corrected chi connectivity index (χ1v) is 5.59. The van der Waals surface area contributed by atoms with E-state index < -0.39 is 12.2 Å². The molecule has 0 saturated carbocycles. The third-order valence-corrected chi connectivity index (χ3v) is 2.48. The summed E-state index contributed by atoms with van der Waals surface area (Å²) in [5, 5.41) is 3.77. The molecular formula is C14H11F3N2. The fourth-order valence-corrected chi connectivity index (χ4v) is 1.56. The molecule has 0 atom stereocenters. The van der Waals surface area contributed by atoms with Gasteiger partial charge in [-0.2, -0.15) is 5.10 Å². The average Bonchev–Trinajstić information content (AvgIpc) is 2.41. The third-order valence-electron chi connectivity index (χ3n) is 2.48. The normalized spacial score (nSPS) is 11.2. The number of benzene rings is 2. The van der Waals surface area contributed by atoms with Gasteiger partial charge in [0.2, 0.25) is 0 Å². The highest BCUT2D eigenvalue weighted by atomic mass is 19.3. The summed E-state index contributed by atoms with van der Waals surface area (Å²) in [5.41, 5.74) is 2.75. The minimum atomic E-state index is -2.74. The first-order valence-electron chi connectivity index (χ1n) is 5.59. The van der Waals surface area contributed by atoms with Crippen molar-refractivity contribution in [2.45, 2.75) is 6.43 Å². The van der Waals surface area contributed by atoms with E-state index in [1.807, 2.05) is 6.07 Å². The van der Waals surface area contributed by atoms with Gasteiger partial charge in [0.1, 0.15) is 5.82 Å². The van der Waals surface area contributed by atoms with Gasteiger partial charge in [0.15, 0.2) is 0 Å². The fraction of sp³-hybridized carbons (Fsp3) is 0.0714. The molecule has 0 aliphatic heterocycles. The molecule has 0 radical (unpaired) electrons. The standard InChI is InChI=1S/C14H11F3N2/c15-13-8-4-7-11(14(16)17)12(13)9-18-19-10-5-2-1-3-6-10/h1-9,14,19H. The number of nitrogens with zero attached hydrogens (tertiary/aromatic N) is 1. The van der Waals surface area contributed by atoms with Gasteiger partial charge in [-0.15, -0.1) is 0 Å². The smallest absolute Gasteiger partial charge is 0.264 e. The van der Waals surface area contributed by atoms with Crippen LogP contribution in [0.25, 0.3) is 0 Å². The molecular weight excluding hydrogens is 253 g/mol. The number of halogens is 3. The molecule has 0 heterocycles. The predicted octanol–water partition coefficient (Wildman–Crippen LogP) is 4.21. The maximum absolute atomic E-state index is 13.5. The van der Waals surface area contributed by atoms with E-state index in [0.717, 1.165) is 12.3 Å². The van der Waals surface area contributed by atoms with Gasteiger partial charge >= 0.3 is 0 Å². The lowest BCUT2D eigenvalue weighted by Crippen LogP contribution is -1.99. The van der Waals surface area contributed by atoms with E-state index in [4.69, 9.17) is 0 Å². The third kappa shape index (κ3) is 3.34. The molecule has 2 aromatic carbocycles. The second kappa shape index (κ2) is 6.04. The van der Waals surface area contributed by atoms with Crippen LogP contribution in [-0.2, 0) is 0 Å². The molecule has 0 saturated heterocycles. The average molecular weight is 264 g/mol. The zero-order valence-corrected chi connectivity index (χ0v) is 9.85. The van der Waals surface area contributed by atoms with E-state index in [1.54, 1.807) is 24.3 Å². The van der Waals surface area contributed by atoms with Crippen molar-refractivity contribution in [1.29, 1.82) is 0 Å². The summed E-state index contributed by atoms with van der Waals surface area (Å²) in [7, 11) is 0. The number of anilines is 1. The molecule has 2 rings (SSSR count). The van der Waals surface area contributed by atoms with Gasteiger partial charge in [0.05, 0.1) is 11.9 Å². The molecule has 98 valence electrons. The van der Waals surface area contributed by atoms with E-state index in [9.17, 15) is 13.2 Å². The number of rotatable bonds is 4. The Morgan fingerprint density at radius 2 is 1.74 bits per heavy atom. The van der Waals surface area contributed by atoms with Gasteiger partial charge in [-0.1, -0.05) is 30.3 Å². The van der Waals surface area contributed by atoms with Crippen LogP contribution in [0, 0.1) is 5.82 Å². The zero-order chi connectivity index (χ0) is 13.7. The van der Waals surface area contributed by atoms with Crippen molar-refractivity contribution in [3.63, 3.8) is 0 Å². The maximum Gasteiger partial charge on any atom is 0.264 e. The lowest BCUT2D eigenvalue weighted by atomic mass is 10.1. The first kappa shape index (κ1) is 13.1. The Morgan fingerprint density at radius 3 is 2.42 bits per heavy atom. The van der Waals surface area contributed by atoms with Crippen LogP contribution < -0.4 is 5.43 Å². The van der Waals surface area contributed by atoms with E-state index in [-0.39, 0.29) is 11.1 Å². The largest absolute Gasteiger partial charge is 0.279 e. The molecule has 0 aromatic heterocycles. The summed E-state index contributed by atoms with van der Waals surface area (Å²) in [4.78, 5) is 0. The van der Waals surface area contributed by atoms with Crippen LogP contribution in [0.2, 0.25) is 0 Å². The molecule has 0 fully saturated rings. The van der Waals surface area contributed by atoms with Crippen LogP contribution in [0.1, 0.15) is 17.6 Å². The van der Waals surface area contributed by atoms with E-state index >= 15 is 0 Å². The van der Waals surface area contributed by atoms with Crippen molar-refractivity contribution in [2.24, 2.45) is 5.10 Å². The Bertz CT molecular complexity index is 568. The van der Waals surface area contributed by atoms with Gasteiger partial charge in [-0.3, -0.25) is 5.43 Å². The molecule has 5 heteroatoms. The molecule has 19 heavy (non-hydrogen) atoms. The monoisotopic (exact) mass is 264 g/mol. The lowest BCUT2D eigenvalue weighted by Gasteiger charge is -2.05. The minimum absolute atomic E-state index is 0.207. The summed E-state index contributed by atoms with van der Waals surface area (Å²) in [6, 6.07) is 12.5. The van der Waals surface area contributed by atoms with Gasteiger partial charge < -0.3 is 0 Å². The van der Waals surface area contributed by atoms with Crippen molar-refractivity contribution in [3.8, 4) is 0 Å². The molecule has 0 bridgehead atoms. The van der Waals surface area contributed by atoms with Crippen molar-refractivity contribution in [3.05, 3.63) is 65.5 Å². The number of hydrogen-bond donors (Lipinski definition) is 1. The van der Waals surface area contributed by atoms with Crippen molar-refractivity contribution in [2.75, 3.05) is 5.43 Å². The summed E-state index contributed by atoms with van der Waals surface area (Å²) >= 11 is 0. The van der Waals surface area contributed by atoms with Crippen LogP contribution in [0.3, 0.4) is 0 Å². The Labute approximate surface area is 108 Å². The highest BCUT2D eigenvalue weighted by Gasteiger charge is 2.14. The molecule has 2 nitrogen and oxygen atoms in total. The Morgan fingerprint density at radius 1 is 1.00 bits per heavy atom. The number of hydrazone groups is 1. The second-order valence-corrected chi connectivity index (χ2v) is 3.78. The second-order valence-electron chi connectivity index (χ2n) is 3.78. The number of nitrogens with one attached hydrogen (secondary N) is 1. The molecule has 2 aromatic rings. The van der Waals surface area contributed by atoms with Crippen molar-refractivity contribution in [1.82, 2.24) is 0 Å². The summed E-state index contributed by atoms with van der Waals surface area (Å²) in [6.45, 7) is 0. The van der Waals surface area contributed by atoms with Gasteiger partial charge in [0.25, 0.3) is 6.43 Å². The van der Waals surface area contributed by atoms with Gasteiger partial charge in [-0.25, -0.2) is 13.2 Å². The fourth-order valence-electron chi connectivity index (χ4n) is 1.56. The van der Waals surface area contributed by atoms with Crippen molar-refractivity contribution >= 4 is 11.9 Å². The van der Waals surface area contributed by atoms with Crippen LogP contribution >= 0.6 is 0 Å². The summed E-state index contributed by atoms with van der Waals surface area (Å²) in [6.07, 6.45) is -1.68. The molecule has 0 unspecified atom stereocenters. The van der Waals surface area contributed by atoms with Gasteiger partial charge in [0, 0.05) is 11.1 Å². The van der Waals surface area contributed by atoms with Crippen molar-refractivity contribution < 1.29 is 13.2 Å². The van der Waals surface area contributed by atoms with Crippen LogP contribution in [-0.4, -0.2) is 6.21 Å². The van der Waals surface area contributed by atoms with Crippen LogP contribution in [0.4, 0.5) is 18.9 Å². The summed E-state index contributed by atoms with van der Waals surface area (Å²) < 4.78 is 38.9. The molecule has 0 amide bonds. The number of alkyl halides is 2.